The van der Waals surface area contributed by atoms with Gasteiger partial charge >= 0.3 is 17.9 Å². The van der Waals surface area contributed by atoms with Gasteiger partial charge in [-0.3, -0.25) is 19.1 Å². The molecule has 420 valence electrons. The van der Waals surface area contributed by atoms with Crippen molar-refractivity contribution in [1.29, 1.82) is 0 Å². The molecular weight excluding hydrogens is 1100 g/mol. The number of hydrogen-bond acceptors (Lipinski definition) is 15. The minimum atomic E-state index is -4.53. The van der Waals surface area contributed by atoms with E-state index in [1.54, 1.807) is 31.4 Å². The number of aliphatic carboxylic acids is 1. The quantitative estimate of drug-likeness (QED) is 0.0222. The van der Waals surface area contributed by atoms with E-state index < -0.39 is 85.5 Å². The van der Waals surface area contributed by atoms with Crippen LogP contribution in [0.2, 0.25) is 0 Å². The molecule has 2 aliphatic rings. The molecule has 7 aromatic rings. The van der Waals surface area contributed by atoms with Crippen molar-refractivity contribution < 1.29 is 50.6 Å². The number of amides is 1. The first-order valence-corrected chi connectivity index (χ1v) is 28.5. The second-order valence-electron chi connectivity index (χ2n) is 19.4. The van der Waals surface area contributed by atoms with Crippen LogP contribution in [0.1, 0.15) is 67.6 Å². The van der Waals surface area contributed by atoms with Gasteiger partial charge in [0.1, 0.15) is 18.7 Å². The van der Waals surface area contributed by atoms with Crippen molar-refractivity contribution in [3.05, 3.63) is 160 Å². The van der Waals surface area contributed by atoms with Crippen LogP contribution in [0.4, 0.5) is 17.1 Å². The van der Waals surface area contributed by atoms with E-state index in [1.807, 2.05) is 30.3 Å². The zero-order valence-electron chi connectivity index (χ0n) is 43.5. The standard InChI is InChI=1S/C54H54N12O12S3/c1-4-54(40-23-44-47-32(18-30-10-5-6-17-41(30)61-47)26-66(44)49(70)39(40)27-77-51(54)72)78-50(71)46(29(2)3)63-48(69)43(22-36-25-57-28-58-36)62-53(79)60-34-13-9-16-38(21-34)81(75,76)65-42(24-45(67)68)31-11-7-14-35(19-31)64-80(73,74)37-15-8-12-33(20-37)59-52(55)56/h5-21,23,25,28-29,42-43,46,64-65H,4,22,24,26-27H2,1-3H3,(H,57,58)(H,63,69)(H,67,68)(H4,55,56,59)(H2,60,62,79)/t42?,43-,46-,54-/m0/s1. The topological polar surface area (TPSA) is 363 Å². The summed E-state index contributed by atoms with van der Waals surface area (Å²) in [6.45, 7) is 4.82. The van der Waals surface area contributed by atoms with Gasteiger partial charge in [0.2, 0.25) is 21.5 Å². The van der Waals surface area contributed by atoms with Gasteiger partial charge in [-0.05, 0) is 96.9 Å². The number of cyclic esters (lactones) is 1. The van der Waals surface area contributed by atoms with Crippen LogP contribution in [0.15, 0.2) is 141 Å². The summed E-state index contributed by atoms with van der Waals surface area (Å²) >= 11 is 5.65. The van der Waals surface area contributed by atoms with Gasteiger partial charge in [-0.1, -0.05) is 63.2 Å². The molecule has 0 aliphatic carbocycles. The third kappa shape index (κ3) is 12.2. The van der Waals surface area contributed by atoms with E-state index >= 15 is 0 Å². The maximum Gasteiger partial charge on any atom is 0.355 e. The number of anilines is 2. The average Bonchev–Trinajstić information content (AvgIpc) is 4.13. The molecule has 3 aromatic heterocycles. The van der Waals surface area contributed by atoms with Crippen LogP contribution in [-0.4, -0.2) is 88.4 Å². The van der Waals surface area contributed by atoms with Crippen molar-refractivity contribution in [2.45, 2.75) is 86.7 Å². The third-order valence-corrected chi connectivity index (χ3v) is 16.6. The summed E-state index contributed by atoms with van der Waals surface area (Å²) in [6, 6.07) is 23.4. The zero-order chi connectivity index (χ0) is 58.0. The fourth-order valence-electron chi connectivity index (χ4n) is 9.52. The molecule has 0 radical (unpaired) electrons. The Hall–Kier alpha value is -9.05. The van der Waals surface area contributed by atoms with Gasteiger partial charge < -0.3 is 51.5 Å². The summed E-state index contributed by atoms with van der Waals surface area (Å²) < 4.78 is 72.9. The molecule has 0 spiro atoms. The molecule has 27 heteroatoms. The number of carbonyl (C=O) groups is 4. The second-order valence-corrected chi connectivity index (χ2v) is 23.2. The Morgan fingerprint density at radius 2 is 1.64 bits per heavy atom. The summed E-state index contributed by atoms with van der Waals surface area (Å²) in [5, 5.41) is 19.1. The highest BCUT2D eigenvalue weighted by Crippen LogP contribution is 2.41. The third-order valence-electron chi connectivity index (χ3n) is 13.5. The van der Waals surface area contributed by atoms with Gasteiger partial charge in [-0.15, -0.1) is 0 Å². The SMILES string of the molecule is CC[C@@]1(OC(=O)[C@@H](NC(=O)[C@H](Cc2cnc[nH]2)NC(=S)Nc2cccc(S(=O)(=O)NC(CC(=O)O)c3cccc(NS(=O)(=O)c4cccc(N=C(N)N)c4)c3)c2)C(C)C)C(=O)OCc2c1cc1n(c2=O)Cc2cc3ccccc3nc2-1. The molecule has 0 bridgehead atoms. The van der Waals surface area contributed by atoms with Crippen LogP contribution in [0, 0.1) is 5.92 Å². The number of ether oxygens (including phenoxy) is 2. The van der Waals surface area contributed by atoms with Crippen molar-refractivity contribution >= 4 is 95.1 Å². The summed E-state index contributed by atoms with van der Waals surface area (Å²) in [7, 11) is -8.78. The number of carbonyl (C=O) groups excluding carboxylic acids is 3. The Balaban J connectivity index is 0.907. The van der Waals surface area contributed by atoms with Crippen LogP contribution < -0.4 is 42.4 Å². The Bertz CT molecular complexity index is 3980. The number of rotatable bonds is 20. The molecule has 2 aliphatic heterocycles. The van der Waals surface area contributed by atoms with Gasteiger partial charge in [0.05, 0.1) is 63.3 Å². The number of esters is 2. The number of nitrogens with one attached hydrogen (secondary N) is 6. The maximum atomic E-state index is 14.5. The van der Waals surface area contributed by atoms with Crippen molar-refractivity contribution in [3.8, 4) is 11.4 Å². The summed E-state index contributed by atoms with van der Waals surface area (Å²) in [6.07, 6.45) is 1.94. The number of aromatic amines is 1. The lowest BCUT2D eigenvalue weighted by Crippen LogP contribution is -2.56. The molecule has 81 heavy (non-hydrogen) atoms. The fourth-order valence-corrected chi connectivity index (χ4v) is 12.1. The molecule has 0 saturated heterocycles. The maximum absolute atomic E-state index is 14.5. The molecule has 0 saturated carbocycles. The van der Waals surface area contributed by atoms with Crippen molar-refractivity contribution in [3.63, 3.8) is 0 Å². The van der Waals surface area contributed by atoms with E-state index in [0.29, 0.717) is 22.6 Å². The lowest BCUT2D eigenvalue weighted by atomic mass is 9.85. The molecule has 11 N–H and O–H groups in total. The number of pyridine rings is 2. The molecule has 24 nitrogen and oxygen atoms in total. The van der Waals surface area contributed by atoms with Crippen LogP contribution in [0.3, 0.4) is 0 Å². The number of thiocarbonyl (C=S) groups is 1. The van der Waals surface area contributed by atoms with Gasteiger partial charge in [-0.25, -0.2) is 46.1 Å². The lowest BCUT2D eigenvalue weighted by Gasteiger charge is -2.37. The lowest BCUT2D eigenvalue weighted by molar-refractivity contribution is -0.191. The van der Waals surface area contributed by atoms with Crippen LogP contribution in [-0.2, 0) is 73.9 Å². The predicted molar refractivity (Wildman–Crippen MR) is 302 cm³/mol. The number of H-pyrrole nitrogens is 1. The van der Waals surface area contributed by atoms with Crippen molar-refractivity contribution in [1.82, 2.24) is 34.9 Å². The number of sulfonamides is 2. The largest absolute Gasteiger partial charge is 0.481 e. The number of aromatic nitrogens is 4. The van der Waals surface area contributed by atoms with E-state index in [-0.39, 0.29) is 80.6 Å². The highest BCUT2D eigenvalue weighted by atomic mass is 32.2. The number of nitrogens with zero attached hydrogens (tertiary/aromatic N) is 4. The minimum Gasteiger partial charge on any atom is -0.481 e. The average molecular weight is 1160 g/mol. The van der Waals surface area contributed by atoms with Crippen LogP contribution in [0.5, 0.6) is 0 Å². The Labute approximate surface area is 468 Å². The molecule has 9 rings (SSSR count). The number of guanidine groups is 1. The molecule has 0 fully saturated rings. The second kappa shape index (κ2) is 23.0. The van der Waals surface area contributed by atoms with Crippen LogP contribution >= 0.6 is 12.2 Å². The number of benzene rings is 4. The van der Waals surface area contributed by atoms with E-state index in [9.17, 15) is 45.9 Å². The number of carboxylic acid groups (broad SMARTS) is 1. The first kappa shape index (κ1) is 56.7. The number of imidazole rings is 1. The van der Waals surface area contributed by atoms with E-state index in [2.05, 4.69) is 40.4 Å². The Kier molecular flexibility index (Phi) is 16.1. The number of para-hydroxylation sites is 1. The summed E-state index contributed by atoms with van der Waals surface area (Å²) in [5.41, 5.74) is 12.0. The molecule has 1 amide bonds. The number of fused-ring (bicyclic) bond motifs is 5. The first-order chi connectivity index (χ1) is 38.5. The van der Waals surface area contributed by atoms with E-state index in [4.69, 9.17) is 38.1 Å². The monoisotopic (exact) mass is 1160 g/mol. The van der Waals surface area contributed by atoms with Gasteiger partial charge in [0.25, 0.3) is 15.6 Å². The smallest absolute Gasteiger partial charge is 0.355 e. The summed E-state index contributed by atoms with van der Waals surface area (Å²) in [5.74, 6) is -4.91. The van der Waals surface area contributed by atoms with E-state index in [1.165, 1.54) is 85.3 Å². The first-order valence-electron chi connectivity index (χ1n) is 25.1. The Morgan fingerprint density at radius 1 is 0.914 bits per heavy atom. The van der Waals surface area contributed by atoms with Gasteiger partial charge in [-0.2, -0.15) is 0 Å². The molecule has 1 unspecified atom stereocenters. The fraction of sp³-hybridized carbons (Fsp3) is 0.241. The van der Waals surface area contributed by atoms with Crippen molar-refractivity contribution in [2.75, 3.05) is 10.0 Å². The minimum absolute atomic E-state index is 0.0105. The van der Waals surface area contributed by atoms with Crippen molar-refractivity contribution in [2.24, 2.45) is 22.4 Å². The van der Waals surface area contributed by atoms with Gasteiger partial charge in [0, 0.05) is 46.2 Å². The highest BCUT2D eigenvalue weighted by molar-refractivity contribution is 7.92. The number of nitrogens with two attached hydrogens (primary N) is 2. The van der Waals surface area contributed by atoms with E-state index in [0.717, 1.165) is 10.9 Å². The Morgan fingerprint density at radius 3 is 2.36 bits per heavy atom. The summed E-state index contributed by atoms with van der Waals surface area (Å²) in [4.78, 5) is 84.4. The number of aliphatic imine (C=N–C) groups is 1. The molecule has 4 atom stereocenters. The zero-order valence-corrected chi connectivity index (χ0v) is 45.9. The van der Waals surface area contributed by atoms with Gasteiger partial charge in [0.15, 0.2) is 11.1 Å². The normalized spacial score (nSPS) is 15.7. The molecular formula is C54H54N12O12S3. The predicted octanol–water partition coefficient (Wildman–Crippen LogP) is 4.29. The number of hydrogen-bond donors (Lipinski definition) is 9. The molecule has 5 heterocycles. The molecule has 4 aromatic carbocycles. The number of carboxylic acids is 1. The highest BCUT2D eigenvalue weighted by Gasteiger charge is 2.51. The van der Waals surface area contributed by atoms with Crippen LogP contribution in [0.25, 0.3) is 22.3 Å².